The number of phenols is 1. The Balaban J connectivity index is 1.89. The number of hydrogen-bond donors (Lipinski definition) is 3. The van der Waals surface area contributed by atoms with Crippen LogP contribution in [0, 0.1) is 10.1 Å². The van der Waals surface area contributed by atoms with Gasteiger partial charge in [0, 0.05) is 22.3 Å². The largest absolute Gasteiger partial charge is 0.507 e. The normalized spacial score (nSPS) is 11.7. The number of halogens is 1. The number of benzene rings is 3. The standard InChI is InChI=1S/C21H19ClN4O6S/c1-13(18-11-16(32-2)7-10-21(18)27)23-24-19-9-8-17(12-20(19)26(28)29)33(30,31)25-15-5-3-14(22)4-6-15/h3-12,24-25,27H,1-2H3/b23-13+. The zero-order chi connectivity index (χ0) is 24.2. The molecule has 3 N–H and O–H groups in total. The molecule has 0 aliphatic heterocycles. The molecule has 0 aliphatic rings. The number of nitro benzene ring substituents is 1. The van der Waals surface area contributed by atoms with Gasteiger partial charge in [0.15, 0.2) is 0 Å². The second-order valence-electron chi connectivity index (χ2n) is 6.74. The monoisotopic (exact) mass is 490 g/mol. The Kier molecular flexibility index (Phi) is 7.04. The SMILES string of the molecule is COc1ccc(O)c(/C(C)=N/Nc2ccc(S(=O)(=O)Nc3ccc(Cl)cc3)cc2[N+](=O)[O-])c1. The van der Waals surface area contributed by atoms with Gasteiger partial charge in [-0.25, -0.2) is 8.42 Å². The van der Waals surface area contributed by atoms with E-state index in [1.165, 1.54) is 49.6 Å². The van der Waals surface area contributed by atoms with Gasteiger partial charge in [0.1, 0.15) is 17.2 Å². The van der Waals surface area contributed by atoms with Gasteiger partial charge in [-0.3, -0.25) is 20.3 Å². The first-order chi connectivity index (χ1) is 15.6. The van der Waals surface area contributed by atoms with Crippen molar-refractivity contribution < 1.29 is 23.2 Å². The molecule has 0 heterocycles. The number of rotatable bonds is 8. The second kappa shape index (κ2) is 9.76. The number of aromatic hydroxyl groups is 1. The van der Waals surface area contributed by atoms with Crippen LogP contribution in [0.3, 0.4) is 0 Å². The van der Waals surface area contributed by atoms with Crippen LogP contribution in [0.15, 0.2) is 70.7 Å². The predicted octanol–water partition coefficient (Wildman–Crippen LogP) is 4.60. The molecule has 3 aromatic rings. The summed E-state index contributed by atoms with van der Waals surface area (Å²) in [4.78, 5) is 10.6. The van der Waals surface area contributed by atoms with Crippen molar-refractivity contribution in [3.63, 3.8) is 0 Å². The summed E-state index contributed by atoms with van der Waals surface area (Å²) in [6, 6.07) is 13.9. The maximum absolute atomic E-state index is 12.7. The summed E-state index contributed by atoms with van der Waals surface area (Å²) in [5.41, 5.74) is 2.95. The van der Waals surface area contributed by atoms with Gasteiger partial charge in [-0.1, -0.05) is 11.6 Å². The molecule has 0 atom stereocenters. The van der Waals surface area contributed by atoms with Crippen LogP contribution in [0.4, 0.5) is 17.1 Å². The summed E-state index contributed by atoms with van der Waals surface area (Å²) >= 11 is 5.80. The van der Waals surface area contributed by atoms with Crippen molar-refractivity contribution in [2.45, 2.75) is 11.8 Å². The van der Waals surface area contributed by atoms with Gasteiger partial charge in [-0.2, -0.15) is 5.10 Å². The van der Waals surface area contributed by atoms with Crippen molar-refractivity contribution >= 4 is 44.4 Å². The van der Waals surface area contributed by atoms with Crippen molar-refractivity contribution in [3.05, 3.63) is 81.4 Å². The minimum atomic E-state index is -4.09. The van der Waals surface area contributed by atoms with E-state index in [1.54, 1.807) is 19.1 Å². The maximum atomic E-state index is 12.7. The van der Waals surface area contributed by atoms with E-state index in [0.29, 0.717) is 22.0 Å². The average molecular weight is 491 g/mol. The first-order valence-corrected chi connectivity index (χ1v) is 11.2. The van der Waals surface area contributed by atoms with Crippen molar-refractivity contribution in [1.29, 1.82) is 0 Å². The molecule has 0 bridgehead atoms. The molecule has 0 aliphatic carbocycles. The highest BCUT2D eigenvalue weighted by atomic mass is 35.5. The number of ether oxygens (including phenoxy) is 1. The summed E-state index contributed by atoms with van der Waals surface area (Å²) < 4.78 is 32.8. The van der Waals surface area contributed by atoms with E-state index in [2.05, 4.69) is 15.2 Å². The van der Waals surface area contributed by atoms with Crippen LogP contribution in [-0.4, -0.2) is 31.3 Å². The zero-order valence-corrected chi connectivity index (χ0v) is 19.0. The Morgan fingerprint density at radius 3 is 2.45 bits per heavy atom. The fourth-order valence-corrected chi connectivity index (χ4v) is 4.00. The smallest absolute Gasteiger partial charge is 0.295 e. The van der Waals surface area contributed by atoms with Crippen molar-refractivity contribution in [2.24, 2.45) is 5.10 Å². The van der Waals surface area contributed by atoms with Crippen molar-refractivity contribution in [2.75, 3.05) is 17.3 Å². The Hall–Kier alpha value is -3.83. The molecule has 3 rings (SSSR count). The van der Waals surface area contributed by atoms with E-state index in [9.17, 15) is 23.6 Å². The zero-order valence-electron chi connectivity index (χ0n) is 17.4. The lowest BCUT2D eigenvalue weighted by Crippen LogP contribution is -2.13. The molecule has 12 heteroatoms. The number of methoxy groups -OCH3 is 1. The van der Waals surface area contributed by atoms with Gasteiger partial charge >= 0.3 is 0 Å². The first kappa shape index (κ1) is 23.8. The quantitative estimate of drug-likeness (QED) is 0.238. The number of nitrogens with zero attached hydrogens (tertiary/aromatic N) is 2. The lowest BCUT2D eigenvalue weighted by atomic mass is 10.1. The van der Waals surface area contributed by atoms with Gasteiger partial charge < -0.3 is 9.84 Å². The minimum Gasteiger partial charge on any atom is -0.507 e. The number of sulfonamides is 1. The molecule has 0 amide bonds. The summed E-state index contributed by atoms with van der Waals surface area (Å²) in [7, 11) is -2.62. The number of hydrogen-bond acceptors (Lipinski definition) is 8. The minimum absolute atomic E-state index is 0.0350. The van der Waals surface area contributed by atoms with E-state index >= 15 is 0 Å². The third kappa shape index (κ3) is 5.70. The van der Waals surface area contributed by atoms with Crippen molar-refractivity contribution in [3.8, 4) is 11.5 Å². The number of hydrazone groups is 1. The Labute approximate surface area is 194 Å². The van der Waals surface area contributed by atoms with Gasteiger partial charge in [0.2, 0.25) is 0 Å². The summed E-state index contributed by atoms with van der Waals surface area (Å²) in [5.74, 6) is 0.439. The highest BCUT2D eigenvalue weighted by Crippen LogP contribution is 2.29. The molecule has 0 spiro atoms. The van der Waals surface area contributed by atoms with Gasteiger partial charge in [0.25, 0.3) is 15.7 Å². The van der Waals surface area contributed by atoms with E-state index < -0.39 is 20.6 Å². The van der Waals surface area contributed by atoms with E-state index in [-0.39, 0.29) is 22.0 Å². The highest BCUT2D eigenvalue weighted by molar-refractivity contribution is 7.92. The third-order valence-electron chi connectivity index (χ3n) is 4.51. The molecule has 0 saturated heterocycles. The van der Waals surface area contributed by atoms with E-state index in [4.69, 9.17) is 16.3 Å². The second-order valence-corrected chi connectivity index (χ2v) is 8.86. The number of anilines is 2. The summed E-state index contributed by atoms with van der Waals surface area (Å²) in [6.07, 6.45) is 0. The van der Waals surface area contributed by atoms with Gasteiger partial charge in [-0.15, -0.1) is 0 Å². The topological polar surface area (TPSA) is 143 Å². The van der Waals surface area contributed by atoms with Crippen LogP contribution in [0.5, 0.6) is 11.5 Å². The molecule has 0 aromatic heterocycles. The summed E-state index contributed by atoms with van der Waals surface area (Å²) in [6.45, 7) is 1.59. The lowest BCUT2D eigenvalue weighted by Gasteiger charge is -2.10. The molecule has 3 aromatic carbocycles. The molecule has 33 heavy (non-hydrogen) atoms. The van der Waals surface area contributed by atoms with E-state index in [1.807, 2.05) is 0 Å². The molecule has 0 unspecified atom stereocenters. The summed E-state index contributed by atoms with van der Waals surface area (Å²) in [5, 5.41) is 26.1. The molecule has 172 valence electrons. The maximum Gasteiger partial charge on any atom is 0.295 e. The van der Waals surface area contributed by atoms with Crippen LogP contribution in [0.1, 0.15) is 12.5 Å². The highest BCUT2D eigenvalue weighted by Gasteiger charge is 2.22. The van der Waals surface area contributed by atoms with Crippen LogP contribution < -0.4 is 14.9 Å². The Morgan fingerprint density at radius 1 is 1.12 bits per heavy atom. The van der Waals surface area contributed by atoms with Crippen LogP contribution in [0.25, 0.3) is 0 Å². The molecular weight excluding hydrogens is 472 g/mol. The fraction of sp³-hybridized carbons (Fsp3) is 0.0952. The molecule has 10 nitrogen and oxygen atoms in total. The number of nitro groups is 1. The average Bonchev–Trinajstić information content (AvgIpc) is 2.79. The Morgan fingerprint density at radius 2 is 1.82 bits per heavy atom. The van der Waals surface area contributed by atoms with Crippen LogP contribution in [-0.2, 0) is 10.0 Å². The number of nitrogens with one attached hydrogen (secondary N) is 2. The first-order valence-electron chi connectivity index (χ1n) is 9.35. The molecule has 0 radical (unpaired) electrons. The van der Waals surface area contributed by atoms with Crippen LogP contribution >= 0.6 is 11.6 Å². The fourth-order valence-electron chi connectivity index (χ4n) is 2.79. The molecule has 0 saturated carbocycles. The molecule has 0 fully saturated rings. The van der Waals surface area contributed by atoms with Crippen LogP contribution in [0.2, 0.25) is 5.02 Å². The predicted molar refractivity (Wildman–Crippen MR) is 126 cm³/mol. The Bertz CT molecular complexity index is 1330. The van der Waals surface area contributed by atoms with Gasteiger partial charge in [-0.05, 0) is 61.5 Å². The van der Waals surface area contributed by atoms with Gasteiger partial charge in [0.05, 0.1) is 22.6 Å². The lowest BCUT2D eigenvalue weighted by molar-refractivity contribution is -0.384. The van der Waals surface area contributed by atoms with Crippen molar-refractivity contribution in [1.82, 2.24) is 0 Å². The third-order valence-corrected chi connectivity index (χ3v) is 6.14. The molecular formula is C21H19ClN4O6S. The van der Waals surface area contributed by atoms with E-state index in [0.717, 1.165) is 6.07 Å². The number of phenolic OH excluding ortho intramolecular Hbond substituents is 1.